The Morgan fingerprint density at radius 1 is 0.706 bits per heavy atom. The maximum atomic E-state index is 5.58. The molecule has 0 bridgehead atoms. The standard InChI is InChI=1S/C31H36NSi2/c1-7-27-14-20-30(21-15-27)32(29-18-12-26(6)13-19-29)31-22-16-28(17-23-31)24-25-34(10-4,11-5)33(8-2)9-3/h1,12-23H,8-11H2,2-6H3. The van der Waals surface area contributed by atoms with Crippen LogP contribution in [0.4, 0.5) is 17.1 Å². The molecule has 0 atom stereocenters. The van der Waals surface area contributed by atoms with E-state index >= 15 is 0 Å². The van der Waals surface area contributed by atoms with Crippen LogP contribution in [-0.4, -0.2) is 15.9 Å². The van der Waals surface area contributed by atoms with Crippen molar-refractivity contribution < 1.29 is 0 Å². The zero-order chi connectivity index (χ0) is 24.6. The zero-order valence-electron chi connectivity index (χ0n) is 21.3. The number of benzene rings is 3. The van der Waals surface area contributed by atoms with E-state index in [4.69, 9.17) is 6.42 Å². The number of anilines is 3. The van der Waals surface area contributed by atoms with Crippen molar-refractivity contribution in [2.75, 3.05) is 4.90 Å². The molecule has 173 valence electrons. The van der Waals surface area contributed by atoms with Gasteiger partial charge in [-0.1, -0.05) is 81.4 Å². The molecule has 3 rings (SSSR count). The van der Waals surface area contributed by atoms with Gasteiger partial charge in [-0.3, -0.25) is 0 Å². The smallest absolute Gasteiger partial charge is 0.127 e. The lowest BCUT2D eigenvalue weighted by atomic mass is 10.1. The fourth-order valence-corrected chi connectivity index (χ4v) is 16.7. The molecule has 0 aliphatic heterocycles. The maximum Gasteiger partial charge on any atom is 0.127 e. The Morgan fingerprint density at radius 2 is 1.15 bits per heavy atom. The van der Waals surface area contributed by atoms with Gasteiger partial charge in [0.25, 0.3) is 0 Å². The number of hydrogen-bond donors (Lipinski definition) is 0. The molecule has 0 N–H and O–H groups in total. The van der Waals surface area contributed by atoms with Gasteiger partial charge in [0.2, 0.25) is 0 Å². The van der Waals surface area contributed by atoms with Crippen molar-refractivity contribution in [1.82, 2.24) is 0 Å². The molecule has 34 heavy (non-hydrogen) atoms. The lowest BCUT2D eigenvalue weighted by Crippen LogP contribution is -2.48. The summed E-state index contributed by atoms with van der Waals surface area (Å²) < 4.78 is 0. The van der Waals surface area contributed by atoms with E-state index in [9.17, 15) is 0 Å². The summed E-state index contributed by atoms with van der Waals surface area (Å²) in [5.41, 5.74) is 10.5. The van der Waals surface area contributed by atoms with Crippen molar-refractivity contribution in [1.29, 1.82) is 0 Å². The van der Waals surface area contributed by atoms with Crippen LogP contribution in [0.5, 0.6) is 0 Å². The Bertz CT molecular complexity index is 1150. The quantitative estimate of drug-likeness (QED) is 0.232. The lowest BCUT2D eigenvalue weighted by Gasteiger charge is -2.30. The molecule has 1 radical (unpaired) electrons. The highest BCUT2D eigenvalue weighted by atomic mass is 29.2. The van der Waals surface area contributed by atoms with Crippen LogP contribution in [0.3, 0.4) is 0 Å². The molecule has 1 nitrogen and oxygen atoms in total. The molecule has 0 saturated heterocycles. The van der Waals surface area contributed by atoms with E-state index in [1.54, 1.807) is 0 Å². The summed E-state index contributed by atoms with van der Waals surface area (Å²) in [4.78, 5) is 2.27. The molecule has 0 aromatic heterocycles. The monoisotopic (exact) mass is 478 g/mol. The Hall–Kier alpha value is -2.99. The van der Waals surface area contributed by atoms with Crippen molar-refractivity contribution >= 4 is 33.0 Å². The molecule has 0 saturated carbocycles. The van der Waals surface area contributed by atoms with Crippen LogP contribution < -0.4 is 4.90 Å². The summed E-state index contributed by atoms with van der Waals surface area (Å²) in [6.07, 6.45) is 5.58. The predicted molar refractivity (Wildman–Crippen MR) is 154 cm³/mol. The van der Waals surface area contributed by atoms with Crippen LogP contribution in [0, 0.1) is 30.7 Å². The van der Waals surface area contributed by atoms with E-state index in [1.807, 2.05) is 12.1 Å². The van der Waals surface area contributed by atoms with Gasteiger partial charge >= 0.3 is 0 Å². The van der Waals surface area contributed by atoms with Crippen LogP contribution >= 0.6 is 0 Å². The van der Waals surface area contributed by atoms with Gasteiger partial charge in [-0.25, -0.2) is 0 Å². The average molecular weight is 479 g/mol. The Balaban J connectivity index is 1.98. The third-order valence-electron chi connectivity index (χ3n) is 6.89. The van der Waals surface area contributed by atoms with Gasteiger partial charge in [0.1, 0.15) is 7.59 Å². The second-order valence-corrected chi connectivity index (χ2v) is 20.2. The molecule has 0 aliphatic carbocycles. The van der Waals surface area contributed by atoms with Crippen molar-refractivity contribution in [2.45, 2.75) is 58.8 Å². The highest BCUT2D eigenvalue weighted by Crippen LogP contribution is 2.34. The third kappa shape index (κ3) is 5.73. The molecule has 0 heterocycles. The van der Waals surface area contributed by atoms with Gasteiger partial charge in [-0.2, -0.15) is 0 Å². The summed E-state index contributed by atoms with van der Waals surface area (Å²) in [6, 6.07) is 30.8. The highest BCUT2D eigenvalue weighted by molar-refractivity contribution is 7.36. The van der Waals surface area contributed by atoms with E-state index in [2.05, 4.69) is 118 Å². The van der Waals surface area contributed by atoms with Crippen molar-refractivity contribution in [2.24, 2.45) is 0 Å². The molecule has 0 unspecified atom stereocenters. The van der Waals surface area contributed by atoms with Crippen LogP contribution in [0.2, 0.25) is 24.2 Å². The molecule has 0 amide bonds. The second-order valence-electron chi connectivity index (χ2n) is 8.76. The van der Waals surface area contributed by atoms with Gasteiger partial charge < -0.3 is 4.90 Å². The first-order chi connectivity index (χ1) is 16.5. The molecule has 3 aromatic carbocycles. The van der Waals surface area contributed by atoms with Crippen molar-refractivity contribution in [3.8, 4) is 23.8 Å². The van der Waals surface area contributed by atoms with E-state index in [-0.39, 0.29) is 8.31 Å². The molecule has 0 spiro atoms. The predicted octanol–water partition coefficient (Wildman–Crippen LogP) is 8.44. The highest BCUT2D eigenvalue weighted by Gasteiger charge is 2.35. The number of aryl methyl sites for hydroxylation is 1. The van der Waals surface area contributed by atoms with E-state index in [0.717, 1.165) is 28.2 Å². The minimum Gasteiger partial charge on any atom is -0.311 e. The number of rotatable bonds is 8. The topological polar surface area (TPSA) is 3.24 Å². The minimum absolute atomic E-state index is 0.351. The Morgan fingerprint density at radius 3 is 1.56 bits per heavy atom. The summed E-state index contributed by atoms with van der Waals surface area (Å²) in [7, 11) is -1.85. The Kier molecular flexibility index (Phi) is 9.00. The summed E-state index contributed by atoms with van der Waals surface area (Å²) >= 11 is 0. The van der Waals surface area contributed by atoms with Gasteiger partial charge in [-0.05, 0) is 67.6 Å². The average Bonchev–Trinajstić information content (AvgIpc) is 2.89. The SMILES string of the molecule is C#Cc1ccc(N(c2ccc(C)cc2)c2ccc(C#C[Si](CC)(CC)[Si](CC)CC)cc2)cc1. The number of hydrogen-bond acceptors (Lipinski definition) is 1. The van der Waals surface area contributed by atoms with Gasteiger partial charge in [0.15, 0.2) is 0 Å². The van der Waals surface area contributed by atoms with Crippen molar-refractivity contribution in [3.63, 3.8) is 0 Å². The lowest BCUT2D eigenvalue weighted by molar-refractivity contribution is 1.27. The second kappa shape index (κ2) is 11.9. The van der Waals surface area contributed by atoms with Crippen LogP contribution in [0.15, 0.2) is 72.8 Å². The summed E-state index contributed by atoms with van der Waals surface area (Å²) in [6.45, 7) is 11.6. The van der Waals surface area contributed by atoms with Crippen LogP contribution in [0.25, 0.3) is 0 Å². The fourth-order valence-electron chi connectivity index (χ4n) is 4.68. The third-order valence-corrected chi connectivity index (χ3v) is 21.7. The van der Waals surface area contributed by atoms with E-state index in [1.165, 1.54) is 29.7 Å². The van der Waals surface area contributed by atoms with Gasteiger partial charge in [0, 0.05) is 28.2 Å². The van der Waals surface area contributed by atoms with Crippen molar-refractivity contribution in [3.05, 3.63) is 89.5 Å². The maximum absolute atomic E-state index is 5.58. The zero-order valence-corrected chi connectivity index (χ0v) is 23.3. The molecular weight excluding hydrogens is 443 g/mol. The van der Waals surface area contributed by atoms with Crippen LogP contribution in [-0.2, 0) is 0 Å². The van der Waals surface area contributed by atoms with Gasteiger partial charge in [-0.15, -0.1) is 12.0 Å². The van der Waals surface area contributed by atoms with E-state index < -0.39 is 7.59 Å². The molecule has 0 fully saturated rings. The summed E-state index contributed by atoms with van der Waals surface area (Å²) in [5.74, 6) is 6.31. The first-order valence-corrected chi connectivity index (χ1v) is 17.7. The fraction of sp³-hybridized carbons (Fsp3) is 0.290. The van der Waals surface area contributed by atoms with Crippen LogP contribution in [0.1, 0.15) is 44.4 Å². The molecule has 3 heteroatoms. The van der Waals surface area contributed by atoms with E-state index in [0.29, 0.717) is 0 Å². The summed E-state index contributed by atoms with van der Waals surface area (Å²) in [5, 5.41) is 0. The first kappa shape index (κ1) is 25.6. The number of nitrogens with zero attached hydrogens (tertiary/aromatic N) is 1. The molecule has 0 aliphatic rings. The first-order valence-electron chi connectivity index (χ1n) is 12.4. The largest absolute Gasteiger partial charge is 0.311 e. The molecule has 3 aromatic rings. The number of terminal acetylenes is 1. The Labute approximate surface area is 209 Å². The molecular formula is C31H36NSi2. The normalized spacial score (nSPS) is 11.0. The minimum atomic E-state index is -1.50. The van der Waals surface area contributed by atoms with Gasteiger partial charge in [0.05, 0.1) is 8.31 Å².